The standard InChI is InChI=1S/C22H24N4O2.CH4/c1-21(2,3)26-18-13-16(23-5)11-12-17(18)24-20(26)25-19(27)14-22(4,28)15-9-7-6-8-10-15;/h6-13,28H,14H2,1-4H3,(H,24,25,27);1H4/t22-;/m0./s1. The second-order valence-corrected chi connectivity index (χ2v) is 8.09. The molecule has 0 aliphatic rings. The smallest absolute Gasteiger partial charge is 0.229 e. The van der Waals surface area contributed by atoms with E-state index < -0.39 is 5.60 Å². The second-order valence-electron chi connectivity index (χ2n) is 8.09. The zero-order valence-corrected chi connectivity index (χ0v) is 16.5. The molecule has 3 aromatic rings. The van der Waals surface area contributed by atoms with E-state index in [1.54, 1.807) is 37.3 Å². The summed E-state index contributed by atoms with van der Waals surface area (Å²) in [5.74, 6) is 0.0681. The molecule has 0 fully saturated rings. The molecule has 0 bridgehead atoms. The van der Waals surface area contributed by atoms with Crippen LogP contribution in [0.25, 0.3) is 15.9 Å². The molecule has 1 heterocycles. The largest absolute Gasteiger partial charge is 0.385 e. The van der Waals surface area contributed by atoms with Gasteiger partial charge in [-0.25, -0.2) is 9.83 Å². The lowest BCUT2D eigenvalue weighted by atomic mass is 9.92. The maximum Gasteiger partial charge on any atom is 0.229 e. The van der Waals surface area contributed by atoms with E-state index in [4.69, 9.17) is 6.57 Å². The summed E-state index contributed by atoms with van der Waals surface area (Å²) in [6.45, 7) is 14.9. The van der Waals surface area contributed by atoms with Gasteiger partial charge in [0.25, 0.3) is 0 Å². The van der Waals surface area contributed by atoms with Crippen molar-refractivity contribution >= 4 is 28.6 Å². The number of anilines is 1. The highest BCUT2D eigenvalue weighted by Crippen LogP contribution is 2.31. The predicted octanol–water partition coefficient (Wildman–Crippen LogP) is 5.21. The van der Waals surface area contributed by atoms with Crippen LogP contribution in [0.5, 0.6) is 0 Å². The Kier molecular flexibility index (Phi) is 6.15. The first kappa shape index (κ1) is 22.1. The van der Waals surface area contributed by atoms with Crippen molar-refractivity contribution in [1.29, 1.82) is 0 Å². The Hall–Kier alpha value is -3.17. The number of aromatic nitrogens is 2. The van der Waals surface area contributed by atoms with Crippen LogP contribution in [-0.4, -0.2) is 20.6 Å². The van der Waals surface area contributed by atoms with Crippen molar-refractivity contribution in [3.63, 3.8) is 0 Å². The van der Waals surface area contributed by atoms with Gasteiger partial charge in [-0.15, -0.1) is 0 Å². The summed E-state index contributed by atoms with van der Waals surface area (Å²) in [5, 5.41) is 13.6. The SMILES string of the molecule is C.[C-]#[N+]c1ccc2nc(NC(=O)C[C@](C)(O)c3ccccc3)n(C(C)(C)C)c2c1. The van der Waals surface area contributed by atoms with E-state index in [0.29, 0.717) is 22.7 Å². The van der Waals surface area contributed by atoms with Gasteiger partial charge < -0.3 is 9.67 Å². The van der Waals surface area contributed by atoms with Crippen molar-refractivity contribution in [2.45, 2.75) is 52.7 Å². The van der Waals surface area contributed by atoms with Crippen molar-refractivity contribution < 1.29 is 9.90 Å². The van der Waals surface area contributed by atoms with Gasteiger partial charge in [-0.3, -0.25) is 10.1 Å². The third kappa shape index (κ3) is 4.64. The van der Waals surface area contributed by atoms with Gasteiger partial charge in [0.1, 0.15) is 0 Å². The number of carbonyl (C=O) groups excluding carboxylic acids is 1. The van der Waals surface area contributed by atoms with Gasteiger partial charge in [0.05, 0.1) is 29.6 Å². The molecule has 0 saturated heterocycles. The fourth-order valence-corrected chi connectivity index (χ4v) is 3.28. The maximum atomic E-state index is 12.7. The molecule has 3 rings (SSSR count). The van der Waals surface area contributed by atoms with Crippen LogP contribution in [0, 0.1) is 6.57 Å². The summed E-state index contributed by atoms with van der Waals surface area (Å²) in [5.41, 5.74) is 1.03. The normalized spacial score (nSPS) is 13.2. The van der Waals surface area contributed by atoms with Gasteiger partial charge in [0.15, 0.2) is 5.69 Å². The van der Waals surface area contributed by atoms with Crippen LogP contribution < -0.4 is 5.32 Å². The van der Waals surface area contributed by atoms with E-state index in [-0.39, 0.29) is 25.3 Å². The average Bonchev–Trinajstić information content (AvgIpc) is 2.98. The van der Waals surface area contributed by atoms with Crippen LogP contribution in [0.1, 0.15) is 47.1 Å². The summed E-state index contributed by atoms with van der Waals surface area (Å²) in [4.78, 5) is 20.7. The van der Waals surface area contributed by atoms with Crippen LogP contribution in [0.4, 0.5) is 11.6 Å². The number of imidazole rings is 1. The highest BCUT2D eigenvalue weighted by molar-refractivity contribution is 5.93. The summed E-state index contributed by atoms with van der Waals surface area (Å²) in [7, 11) is 0. The fourth-order valence-electron chi connectivity index (χ4n) is 3.28. The van der Waals surface area contributed by atoms with Crippen LogP contribution in [0.3, 0.4) is 0 Å². The summed E-state index contributed by atoms with van der Waals surface area (Å²) >= 11 is 0. The van der Waals surface area contributed by atoms with Crippen LogP contribution in [0.2, 0.25) is 0 Å². The van der Waals surface area contributed by atoms with Gasteiger partial charge >= 0.3 is 0 Å². The first-order valence-corrected chi connectivity index (χ1v) is 9.10. The molecule has 0 aliphatic carbocycles. The molecule has 0 saturated carbocycles. The molecule has 29 heavy (non-hydrogen) atoms. The Morgan fingerprint density at radius 2 is 1.83 bits per heavy atom. The first-order valence-electron chi connectivity index (χ1n) is 9.10. The van der Waals surface area contributed by atoms with Crippen molar-refractivity contribution in [3.05, 3.63) is 65.5 Å². The number of hydrogen-bond acceptors (Lipinski definition) is 3. The van der Waals surface area contributed by atoms with Crippen LogP contribution in [-0.2, 0) is 15.9 Å². The molecule has 0 spiro atoms. The minimum atomic E-state index is -1.29. The summed E-state index contributed by atoms with van der Waals surface area (Å²) in [6, 6.07) is 14.4. The van der Waals surface area contributed by atoms with Gasteiger partial charge in [0.2, 0.25) is 11.9 Å². The zero-order valence-electron chi connectivity index (χ0n) is 16.5. The predicted molar refractivity (Wildman–Crippen MR) is 117 cm³/mol. The van der Waals surface area contributed by atoms with Gasteiger partial charge in [-0.05, 0) is 45.4 Å². The van der Waals surface area contributed by atoms with E-state index >= 15 is 0 Å². The quantitative estimate of drug-likeness (QED) is 0.598. The Labute approximate surface area is 172 Å². The molecule has 2 N–H and O–H groups in total. The van der Waals surface area contributed by atoms with E-state index in [0.717, 1.165) is 5.52 Å². The van der Waals surface area contributed by atoms with E-state index in [2.05, 4.69) is 15.1 Å². The summed E-state index contributed by atoms with van der Waals surface area (Å²) < 4.78 is 1.91. The van der Waals surface area contributed by atoms with Crippen LogP contribution >= 0.6 is 0 Å². The molecule has 0 radical (unpaired) electrons. The molecule has 0 aliphatic heterocycles. The van der Waals surface area contributed by atoms with Crippen molar-refractivity contribution in [2.24, 2.45) is 0 Å². The lowest BCUT2D eigenvalue weighted by Crippen LogP contribution is -2.31. The first-order chi connectivity index (χ1) is 13.1. The molecule has 1 atom stereocenters. The number of fused-ring (bicyclic) bond motifs is 1. The van der Waals surface area contributed by atoms with E-state index in [9.17, 15) is 9.90 Å². The number of rotatable bonds is 4. The monoisotopic (exact) mass is 392 g/mol. The molecule has 6 nitrogen and oxygen atoms in total. The Morgan fingerprint density at radius 3 is 2.41 bits per heavy atom. The molecule has 1 aromatic heterocycles. The van der Waals surface area contributed by atoms with E-state index in [1.807, 2.05) is 43.5 Å². The number of benzene rings is 2. The van der Waals surface area contributed by atoms with Gasteiger partial charge in [-0.1, -0.05) is 43.8 Å². The third-order valence-electron chi connectivity index (χ3n) is 4.59. The number of hydrogen-bond donors (Lipinski definition) is 2. The van der Waals surface area contributed by atoms with Crippen molar-refractivity contribution in [1.82, 2.24) is 9.55 Å². The number of carbonyl (C=O) groups is 1. The molecular weight excluding hydrogens is 364 g/mol. The Bertz CT molecular complexity index is 1050. The lowest BCUT2D eigenvalue weighted by molar-refractivity contribution is -0.120. The second kappa shape index (κ2) is 8.06. The number of nitrogens with one attached hydrogen (secondary N) is 1. The van der Waals surface area contributed by atoms with Crippen molar-refractivity contribution in [2.75, 3.05) is 5.32 Å². The lowest BCUT2D eigenvalue weighted by Gasteiger charge is -2.26. The minimum absolute atomic E-state index is 0. The Balaban J connectivity index is 0.00000300. The van der Waals surface area contributed by atoms with Crippen molar-refractivity contribution in [3.8, 4) is 0 Å². The minimum Gasteiger partial charge on any atom is -0.385 e. The highest BCUT2D eigenvalue weighted by atomic mass is 16.3. The third-order valence-corrected chi connectivity index (χ3v) is 4.59. The van der Waals surface area contributed by atoms with Gasteiger partial charge in [0, 0.05) is 5.54 Å². The number of amides is 1. The number of aliphatic hydroxyl groups is 1. The Morgan fingerprint density at radius 1 is 1.17 bits per heavy atom. The topological polar surface area (TPSA) is 71.5 Å². The van der Waals surface area contributed by atoms with Gasteiger partial charge in [-0.2, -0.15) is 0 Å². The molecule has 6 heteroatoms. The molecule has 152 valence electrons. The fraction of sp³-hybridized carbons (Fsp3) is 0.348. The van der Waals surface area contributed by atoms with Crippen LogP contribution in [0.15, 0.2) is 48.5 Å². The maximum absolute atomic E-state index is 12.7. The molecule has 0 unspecified atom stereocenters. The van der Waals surface area contributed by atoms with E-state index in [1.165, 1.54) is 0 Å². The average molecular weight is 393 g/mol. The number of nitrogens with zero attached hydrogens (tertiary/aromatic N) is 3. The highest BCUT2D eigenvalue weighted by Gasteiger charge is 2.28. The molecule has 1 amide bonds. The molecular formula is C23H28N4O2. The zero-order chi connectivity index (χ0) is 20.5. The summed E-state index contributed by atoms with van der Waals surface area (Å²) in [6.07, 6.45) is -0.0995. The molecule has 2 aromatic carbocycles.